The number of hydrogen-bond donors (Lipinski definition) is 0. The van der Waals surface area contributed by atoms with Gasteiger partial charge in [0, 0.05) is 26.2 Å². The van der Waals surface area contributed by atoms with Crippen molar-refractivity contribution in [1.29, 1.82) is 0 Å². The van der Waals surface area contributed by atoms with Gasteiger partial charge < -0.3 is 0 Å². The molecule has 2 nitrogen and oxygen atoms in total. The zero-order chi connectivity index (χ0) is 13.8. The molecule has 1 aliphatic heterocycles. The lowest BCUT2D eigenvalue weighted by Crippen LogP contribution is -2.37. The molecule has 0 saturated carbocycles. The zero-order valence-corrected chi connectivity index (χ0v) is 12.1. The Kier molecular flexibility index (Phi) is 4.14. The van der Waals surface area contributed by atoms with Gasteiger partial charge in [0.25, 0.3) is 0 Å². The van der Waals surface area contributed by atoms with Crippen LogP contribution in [0.3, 0.4) is 0 Å². The highest BCUT2D eigenvalue weighted by Gasteiger charge is 2.28. The van der Waals surface area contributed by atoms with Crippen LogP contribution in [-0.4, -0.2) is 29.1 Å². The van der Waals surface area contributed by atoms with Crippen molar-refractivity contribution >= 4 is 0 Å². The Bertz CT molecular complexity index is 478. The van der Waals surface area contributed by atoms with Gasteiger partial charge in [0.2, 0.25) is 0 Å². The highest BCUT2D eigenvalue weighted by molar-refractivity contribution is 5.17. The lowest BCUT2D eigenvalue weighted by molar-refractivity contribution is 0.115. The molecule has 2 heteroatoms. The summed E-state index contributed by atoms with van der Waals surface area (Å²) in [5, 5.41) is 0. The summed E-state index contributed by atoms with van der Waals surface area (Å²) in [7, 11) is 0. The van der Waals surface area contributed by atoms with E-state index in [1.807, 2.05) is 0 Å². The highest BCUT2D eigenvalue weighted by Crippen LogP contribution is 2.19. The average Bonchev–Trinajstić information content (AvgIpc) is 3.33. The number of benzene rings is 2. The van der Waals surface area contributed by atoms with E-state index in [1.54, 1.807) is 0 Å². The molecule has 0 N–H and O–H groups in total. The van der Waals surface area contributed by atoms with Crippen molar-refractivity contribution in [1.82, 2.24) is 9.80 Å². The van der Waals surface area contributed by atoms with E-state index < -0.39 is 0 Å². The van der Waals surface area contributed by atoms with Crippen molar-refractivity contribution < 1.29 is 0 Å². The van der Waals surface area contributed by atoms with E-state index in [0.717, 1.165) is 13.1 Å². The van der Waals surface area contributed by atoms with Gasteiger partial charge in [-0.05, 0) is 18.1 Å². The molecule has 1 atom stereocenters. The Hall–Kier alpha value is -1.64. The predicted octanol–water partition coefficient (Wildman–Crippen LogP) is 3.35. The summed E-state index contributed by atoms with van der Waals surface area (Å²) in [6.07, 6.45) is 0.510. The van der Waals surface area contributed by atoms with E-state index in [-0.39, 0.29) is 0 Å². The van der Waals surface area contributed by atoms with Gasteiger partial charge in [0.05, 0.1) is 6.17 Å². The van der Waals surface area contributed by atoms with Crippen LogP contribution in [0.4, 0.5) is 0 Å². The van der Waals surface area contributed by atoms with Gasteiger partial charge in [-0.25, -0.2) is 0 Å². The lowest BCUT2D eigenvalue weighted by atomic mass is 10.1. The average molecular weight is 266 g/mol. The molecule has 2 aromatic rings. The fourth-order valence-electron chi connectivity index (χ4n) is 2.62. The number of rotatable bonds is 6. The topological polar surface area (TPSA) is 6.25 Å². The van der Waals surface area contributed by atoms with Crippen molar-refractivity contribution in [2.75, 3.05) is 13.1 Å². The first-order valence-electron chi connectivity index (χ1n) is 7.39. The van der Waals surface area contributed by atoms with Gasteiger partial charge >= 0.3 is 0 Å². The van der Waals surface area contributed by atoms with Crippen LogP contribution in [0, 0.1) is 0 Å². The van der Waals surface area contributed by atoms with Gasteiger partial charge in [-0.15, -0.1) is 0 Å². The van der Waals surface area contributed by atoms with Crippen LogP contribution in [0.1, 0.15) is 18.1 Å². The molecule has 1 heterocycles. The van der Waals surface area contributed by atoms with Crippen LogP contribution < -0.4 is 0 Å². The number of nitrogens with zero attached hydrogens (tertiary/aromatic N) is 2. The van der Waals surface area contributed by atoms with Crippen LogP contribution in [0.25, 0.3) is 0 Å². The summed E-state index contributed by atoms with van der Waals surface area (Å²) in [5.74, 6) is 0. The summed E-state index contributed by atoms with van der Waals surface area (Å²) in [5.41, 5.74) is 2.77. The largest absolute Gasteiger partial charge is 0.286 e. The minimum Gasteiger partial charge on any atom is -0.286 e. The maximum atomic E-state index is 2.55. The predicted molar refractivity (Wildman–Crippen MR) is 83.2 cm³/mol. The third-order valence-corrected chi connectivity index (χ3v) is 4.00. The minimum absolute atomic E-state index is 0.510. The van der Waals surface area contributed by atoms with Crippen LogP contribution in [0.5, 0.6) is 0 Å². The molecule has 1 saturated heterocycles. The Morgan fingerprint density at radius 3 is 1.70 bits per heavy atom. The molecule has 0 amide bonds. The molecule has 3 rings (SSSR count). The van der Waals surface area contributed by atoms with Crippen LogP contribution in [0.15, 0.2) is 60.7 Å². The first-order chi connectivity index (χ1) is 9.83. The van der Waals surface area contributed by atoms with Gasteiger partial charge in [0.15, 0.2) is 0 Å². The fourth-order valence-corrected chi connectivity index (χ4v) is 2.62. The molecular weight excluding hydrogens is 244 g/mol. The van der Waals surface area contributed by atoms with Crippen molar-refractivity contribution in [2.24, 2.45) is 0 Å². The van der Waals surface area contributed by atoms with E-state index in [2.05, 4.69) is 77.4 Å². The quantitative estimate of drug-likeness (QED) is 0.740. The molecule has 1 fully saturated rings. The fraction of sp³-hybridized carbons (Fsp3) is 0.333. The normalized spacial score (nSPS) is 16.3. The van der Waals surface area contributed by atoms with E-state index in [1.165, 1.54) is 24.2 Å². The molecule has 0 aliphatic carbocycles. The van der Waals surface area contributed by atoms with Gasteiger partial charge in [0.1, 0.15) is 0 Å². The van der Waals surface area contributed by atoms with Crippen molar-refractivity contribution in [3.8, 4) is 0 Å². The molecule has 2 aromatic carbocycles. The van der Waals surface area contributed by atoms with E-state index >= 15 is 0 Å². The summed E-state index contributed by atoms with van der Waals surface area (Å²) >= 11 is 0. The summed E-state index contributed by atoms with van der Waals surface area (Å²) < 4.78 is 0. The molecular formula is C18H22N2. The second-order valence-electron chi connectivity index (χ2n) is 5.54. The van der Waals surface area contributed by atoms with Crippen molar-refractivity contribution in [3.63, 3.8) is 0 Å². The SMILES string of the molecule is CC(N1CC1)N(Cc1ccccc1)Cc1ccccc1. The van der Waals surface area contributed by atoms with E-state index in [0.29, 0.717) is 6.17 Å². The smallest absolute Gasteiger partial charge is 0.0600 e. The third kappa shape index (κ3) is 3.47. The molecule has 0 radical (unpaired) electrons. The Morgan fingerprint density at radius 1 is 0.850 bits per heavy atom. The van der Waals surface area contributed by atoms with Crippen molar-refractivity contribution in [2.45, 2.75) is 26.2 Å². The molecule has 0 spiro atoms. The van der Waals surface area contributed by atoms with Crippen LogP contribution in [-0.2, 0) is 13.1 Å². The lowest BCUT2D eigenvalue weighted by Gasteiger charge is -2.30. The van der Waals surface area contributed by atoms with Gasteiger partial charge in [-0.2, -0.15) is 0 Å². The van der Waals surface area contributed by atoms with E-state index in [9.17, 15) is 0 Å². The summed E-state index contributed by atoms with van der Waals surface area (Å²) in [6, 6.07) is 21.5. The van der Waals surface area contributed by atoms with E-state index in [4.69, 9.17) is 0 Å². The molecule has 1 unspecified atom stereocenters. The zero-order valence-electron chi connectivity index (χ0n) is 12.1. The molecule has 1 aliphatic rings. The van der Waals surface area contributed by atoms with Gasteiger partial charge in [-0.3, -0.25) is 9.80 Å². The Morgan fingerprint density at radius 2 is 1.30 bits per heavy atom. The molecule has 104 valence electrons. The summed E-state index contributed by atoms with van der Waals surface area (Å²) in [6.45, 7) is 6.81. The minimum atomic E-state index is 0.510. The second kappa shape index (κ2) is 6.21. The molecule has 0 aromatic heterocycles. The van der Waals surface area contributed by atoms with Crippen LogP contribution in [0.2, 0.25) is 0 Å². The third-order valence-electron chi connectivity index (χ3n) is 4.00. The number of hydrogen-bond acceptors (Lipinski definition) is 2. The first kappa shape index (κ1) is 13.3. The maximum Gasteiger partial charge on any atom is 0.0600 e. The van der Waals surface area contributed by atoms with Crippen molar-refractivity contribution in [3.05, 3.63) is 71.8 Å². The Labute approximate surface area is 121 Å². The van der Waals surface area contributed by atoms with Gasteiger partial charge in [-0.1, -0.05) is 60.7 Å². The molecule has 0 bridgehead atoms. The molecule has 20 heavy (non-hydrogen) atoms. The Balaban J connectivity index is 1.73. The maximum absolute atomic E-state index is 2.55. The first-order valence-corrected chi connectivity index (χ1v) is 7.39. The summed E-state index contributed by atoms with van der Waals surface area (Å²) in [4.78, 5) is 5.06. The standard InChI is InChI=1S/C18H22N2/c1-16(19-12-13-19)20(14-17-8-4-2-5-9-17)15-18-10-6-3-7-11-18/h2-11,16H,12-15H2,1H3. The monoisotopic (exact) mass is 266 g/mol. The highest BCUT2D eigenvalue weighted by atomic mass is 15.4. The second-order valence-corrected chi connectivity index (χ2v) is 5.54. The van der Waals surface area contributed by atoms with Crippen LogP contribution >= 0.6 is 0 Å².